The van der Waals surface area contributed by atoms with E-state index < -0.39 is 0 Å². The van der Waals surface area contributed by atoms with Crippen molar-refractivity contribution in [3.05, 3.63) is 29.8 Å². The van der Waals surface area contributed by atoms with Gasteiger partial charge in [0.25, 0.3) is 0 Å². The molecule has 0 aliphatic heterocycles. The van der Waals surface area contributed by atoms with Crippen molar-refractivity contribution in [3.63, 3.8) is 0 Å². The maximum atomic E-state index is 12.3. The Balaban J connectivity index is 2.87. The number of ether oxygens (including phenoxy) is 1. The molecule has 1 rings (SSSR count). The van der Waals surface area contributed by atoms with Crippen LogP contribution in [-0.2, 0) is 4.79 Å². The van der Waals surface area contributed by atoms with Crippen molar-refractivity contribution in [1.29, 1.82) is 0 Å². The van der Waals surface area contributed by atoms with Crippen molar-refractivity contribution in [2.75, 3.05) is 27.7 Å². The average Bonchev–Trinajstić information content (AvgIpc) is 2.45. The Morgan fingerprint density at radius 1 is 1.37 bits per heavy atom. The van der Waals surface area contributed by atoms with Crippen LogP contribution in [0.3, 0.4) is 0 Å². The van der Waals surface area contributed by atoms with Crippen molar-refractivity contribution in [2.45, 2.75) is 19.9 Å². The summed E-state index contributed by atoms with van der Waals surface area (Å²) >= 11 is 0. The number of carbonyl (C=O) groups is 1. The van der Waals surface area contributed by atoms with Gasteiger partial charge in [-0.05, 0) is 20.0 Å². The molecule has 0 aliphatic rings. The number of nitrogens with one attached hydrogen (secondary N) is 1. The molecule has 1 aromatic rings. The third kappa shape index (κ3) is 3.70. The minimum atomic E-state index is -0.0350. The van der Waals surface area contributed by atoms with Crippen molar-refractivity contribution in [2.24, 2.45) is 5.92 Å². The van der Waals surface area contributed by atoms with Gasteiger partial charge in [0.2, 0.25) is 5.91 Å². The van der Waals surface area contributed by atoms with Gasteiger partial charge < -0.3 is 15.0 Å². The number of para-hydroxylation sites is 1. The Morgan fingerprint density at radius 2 is 2.00 bits per heavy atom. The molecule has 0 saturated carbocycles. The van der Waals surface area contributed by atoms with E-state index in [0.717, 1.165) is 11.3 Å². The Labute approximate surface area is 115 Å². The van der Waals surface area contributed by atoms with E-state index in [9.17, 15) is 4.79 Å². The molecule has 0 spiro atoms. The van der Waals surface area contributed by atoms with Gasteiger partial charge in [-0.25, -0.2) is 0 Å². The average molecular weight is 264 g/mol. The van der Waals surface area contributed by atoms with Crippen LogP contribution in [0.2, 0.25) is 0 Å². The molecular formula is C15H24N2O2. The molecule has 0 aromatic heterocycles. The zero-order valence-corrected chi connectivity index (χ0v) is 12.4. The molecule has 0 aliphatic carbocycles. The summed E-state index contributed by atoms with van der Waals surface area (Å²) in [6.45, 7) is 4.63. The number of methoxy groups -OCH3 is 1. The number of hydrogen-bond acceptors (Lipinski definition) is 3. The summed E-state index contributed by atoms with van der Waals surface area (Å²) in [4.78, 5) is 14.1. The molecule has 0 heterocycles. The van der Waals surface area contributed by atoms with Crippen LogP contribution in [0, 0.1) is 5.92 Å². The lowest BCUT2D eigenvalue weighted by atomic mass is 10.0. The first-order chi connectivity index (χ1) is 9.02. The summed E-state index contributed by atoms with van der Waals surface area (Å²) in [6.07, 6.45) is 0. The molecule has 19 heavy (non-hydrogen) atoms. The largest absolute Gasteiger partial charge is 0.496 e. The molecule has 0 bridgehead atoms. The third-order valence-corrected chi connectivity index (χ3v) is 3.45. The van der Waals surface area contributed by atoms with E-state index in [-0.39, 0.29) is 17.9 Å². The summed E-state index contributed by atoms with van der Waals surface area (Å²) in [5, 5.41) is 3.03. The lowest BCUT2D eigenvalue weighted by molar-refractivity contribution is -0.135. The van der Waals surface area contributed by atoms with Gasteiger partial charge in [0.1, 0.15) is 5.75 Å². The zero-order chi connectivity index (χ0) is 14.4. The fourth-order valence-corrected chi connectivity index (χ4v) is 2.15. The smallest absolute Gasteiger partial charge is 0.226 e. The van der Waals surface area contributed by atoms with Crippen LogP contribution >= 0.6 is 0 Å². The van der Waals surface area contributed by atoms with Crippen LogP contribution in [-0.4, -0.2) is 38.6 Å². The highest BCUT2D eigenvalue weighted by Gasteiger charge is 2.23. The topological polar surface area (TPSA) is 41.6 Å². The van der Waals surface area contributed by atoms with Crippen molar-refractivity contribution < 1.29 is 9.53 Å². The predicted octanol–water partition coefficient (Wildman–Crippen LogP) is 2.07. The first-order valence-electron chi connectivity index (χ1n) is 6.57. The summed E-state index contributed by atoms with van der Waals surface area (Å²) < 4.78 is 5.35. The maximum Gasteiger partial charge on any atom is 0.226 e. The van der Waals surface area contributed by atoms with E-state index >= 15 is 0 Å². The normalized spacial score (nSPS) is 13.7. The van der Waals surface area contributed by atoms with Crippen LogP contribution in [0.25, 0.3) is 0 Å². The van der Waals surface area contributed by atoms with Gasteiger partial charge in [-0.15, -0.1) is 0 Å². The van der Waals surface area contributed by atoms with Gasteiger partial charge in [-0.1, -0.05) is 25.1 Å². The van der Waals surface area contributed by atoms with Gasteiger partial charge in [-0.3, -0.25) is 4.79 Å². The molecule has 2 unspecified atom stereocenters. The number of hydrogen-bond donors (Lipinski definition) is 1. The molecule has 1 N–H and O–H groups in total. The molecular weight excluding hydrogens is 240 g/mol. The van der Waals surface area contributed by atoms with E-state index in [0.29, 0.717) is 6.54 Å². The van der Waals surface area contributed by atoms with Crippen molar-refractivity contribution in [3.8, 4) is 5.75 Å². The Kier molecular flexibility index (Phi) is 5.83. The first kappa shape index (κ1) is 15.5. The number of amides is 1. The van der Waals surface area contributed by atoms with E-state index in [1.807, 2.05) is 52.2 Å². The van der Waals surface area contributed by atoms with E-state index in [2.05, 4.69) is 5.32 Å². The van der Waals surface area contributed by atoms with Gasteiger partial charge in [0, 0.05) is 25.1 Å². The standard InChI is InChI=1S/C15H24N2O2/c1-11(10-16-3)15(18)17(4)12(2)13-8-6-7-9-14(13)19-5/h6-9,11-12,16H,10H2,1-5H3. The summed E-state index contributed by atoms with van der Waals surface area (Å²) in [6, 6.07) is 7.80. The fraction of sp³-hybridized carbons (Fsp3) is 0.533. The first-order valence-corrected chi connectivity index (χ1v) is 6.57. The Bertz CT molecular complexity index is 420. The third-order valence-electron chi connectivity index (χ3n) is 3.45. The molecule has 0 radical (unpaired) electrons. The van der Waals surface area contributed by atoms with E-state index in [1.165, 1.54) is 0 Å². The number of benzene rings is 1. The van der Waals surface area contributed by atoms with E-state index in [1.54, 1.807) is 12.0 Å². The van der Waals surface area contributed by atoms with Crippen LogP contribution in [0.4, 0.5) is 0 Å². The molecule has 0 saturated heterocycles. The second-order valence-corrected chi connectivity index (χ2v) is 4.83. The highest BCUT2D eigenvalue weighted by Crippen LogP contribution is 2.28. The van der Waals surface area contributed by atoms with Crippen LogP contribution in [0.1, 0.15) is 25.5 Å². The monoisotopic (exact) mass is 264 g/mol. The van der Waals surface area contributed by atoms with Gasteiger partial charge in [-0.2, -0.15) is 0 Å². The van der Waals surface area contributed by atoms with Gasteiger partial charge >= 0.3 is 0 Å². The molecule has 106 valence electrons. The lowest BCUT2D eigenvalue weighted by Crippen LogP contribution is -2.37. The number of carbonyl (C=O) groups excluding carboxylic acids is 1. The summed E-state index contributed by atoms with van der Waals surface area (Å²) in [5.74, 6) is 0.913. The molecule has 1 amide bonds. The Hall–Kier alpha value is -1.55. The lowest BCUT2D eigenvalue weighted by Gasteiger charge is -2.29. The zero-order valence-electron chi connectivity index (χ0n) is 12.4. The van der Waals surface area contributed by atoms with Crippen LogP contribution in [0.5, 0.6) is 5.75 Å². The molecule has 4 heteroatoms. The minimum Gasteiger partial charge on any atom is -0.496 e. The molecule has 2 atom stereocenters. The van der Waals surface area contributed by atoms with Crippen molar-refractivity contribution >= 4 is 5.91 Å². The SMILES string of the molecule is CNCC(C)C(=O)N(C)C(C)c1ccccc1OC. The second kappa shape index (κ2) is 7.14. The highest BCUT2D eigenvalue weighted by atomic mass is 16.5. The quantitative estimate of drug-likeness (QED) is 0.855. The second-order valence-electron chi connectivity index (χ2n) is 4.83. The van der Waals surface area contributed by atoms with Crippen LogP contribution in [0.15, 0.2) is 24.3 Å². The van der Waals surface area contributed by atoms with Gasteiger partial charge in [0.15, 0.2) is 0 Å². The molecule has 0 fully saturated rings. The fourth-order valence-electron chi connectivity index (χ4n) is 2.15. The minimum absolute atomic E-state index is 0.0112. The predicted molar refractivity (Wildman–Crippen MR) is 77.3 cm³/mol. The number of nitrogens with zero attached hydrogens (tertiary/aromatic N) is 1. The Morgan fingerprint density at radius 3 is 2.58 bits per heavy atom. The van der Waals surface area contributed by atoms with Crippen molar-refractivity contribution in [1.82, 2.24) is 10.2 Å². The number of rotatable bonds is 6. The highest BCUT2D eigenvalue weighted by molar-refractivity contribution is 5.79. The maximum absolute atomic E-state index is 12.3. The molecule has 1 aromatic carbocycles. The molecule has 4 nitrogen and oxygen atoms in total. The van der Waals surface area contributed by atoms with Gasteiger partial charge in [0.05, 0.1) is 13.2 Å². The van der Waals surface area contributed by atoms with E-state index in [4.69, 9.17) is 4.74 Å². The van der Waals surface area contributed by atoms with Crippen LogP contribution < -0.4 is 10.1 Å². The summed E-state index contributed by atoms with van der Waals surface area (Å²) in [7, 11) is 5.34. The summed E-state index contributed by atoms with van der Waals surface area (Å²) in [5.41, 5.74) is 1.03.